The van der Waals surface area contributed by atoms with E-state index >= 15 is 0 Å². The molecule has 1 atom stereocenters. The molecule has 0 radical (unpaired) electrons. The number of esters is 1. The number of benzene rings is 1. The number of anilines is 1. The minimum Gasteiger partial charge on any atom is -0.494 e. The van der Waals surface area contributed by atoms with E-state index in [0.29, 0.717) is 25.3 Å². The van der Waals surface area contributed by atoms with Gasteiger partial charge in [0.1, 0.15) is 5.75 Å². The molecule has 5 heteroatoms. The van der Waals surface area contributed by atoms with Gasteiger partial charge in [-0.3, -0.25) is 4.79 Å². The highest BCUT2D eigenvalue weighted by Gasteiger charge is 2.13. The lowest BCUT2D eigenvalue weighted by Crippen LogP contribution is -2.10. The summed E-state index contributed by atoms with van der Waals surface area (Å²) < 4.78 is 10.4. The Bertz CT molecular complexity index is 423. The van der Waals surface area contributed by atoms with Crippen molar-refractivity contribution in [1.29, 1.82) is 0 Å². The summed E-state index contributed by atoms with van der Waals surface area (Å²) >= 11 is 1.56. The second-order valence-electron chi connectivity index (χ2n) is 4.07. The van der Waals surface area contributed by atoms with Crippen LogP contribution in [0.4, 0.5) is 5.69 Å². The zero-order chi connectivity index (χ0) is 14.3. The third-order valence-electron chi connectivity index (χ3n) is 2.38. The molecule has 4 nitrogen and oxygen atoms in total. The van der Waals surface area contributed by atoms with Crippen molar-refractivity contribution >= 4 is 23.4 Å². The Balaban J connectivity index is 2.64. The SMILES string of the molecule is CCOC(=O)CC(C)Sc1cc(OCC)ccc1N. The van der Waals surface area contributed by atoms with Crippen LogP contribution < -0.4 is 10.5 Å². The number of thioether (sulfide) groups is 1. The van der Waals surface area contributed by atoms with Gasteiger partial charge in [0.05, 0.1) is 19.6 Å². The van der Waals surface area contributed by atoms with Gasteiger partial charge in [0.15, 0.2) is 0 Å². The molecule has 19 heavy (non-hydrogen) atoms. The number of ether oxygens (including phenoxy) is 2. The van der Waals surface area contributed by atoms with E-state index in [1.807, 2.05) is 32.0 Å². The molecule has 0 amide bonds. The smallest absolute Gasteiger partial charge is 0.306 e. The highest BCUT2D eigenvalue weighted by molar-refractivity contribution is 8.00. The number of hydrogen-bond acceptors (Lipinski definition) is 5. The quantitative estimate of drug-likeness (QED) is 0.473. The zero-order valence-electron chi connectivity index (χ0n) is 11.6. The summed E-state index contributed by atoms with van der Waals surface area (Å²) in [4.78, 5) is 12.3. The standard InChI is InChI=1S/C14H21NO3S/c1-4-17-11-6-7-12(15)13(9-11)19-10(3)8-14(16)18-5-2/h6-7,9-10H,4-5,8,15H2,1-3H3. The number of nitrogens with two attached hydrogens (primary N) is 1. The summed E-state index contributed by atoms with van der Waals surface area (Å²) in [6, 6.07) is 5.58. The molecule has 106 valence electrons. The van der Waals surface area contributed by atoms with Crippen LogP contribution in [0, 0.1) is 0 Å². The van der Waals surface area contributed by atoms with Gasteiger partial charge in [0.25, 0.3) is 0 Å². The van der Waals surface area contributed by atoms with E-state index in [4.69, 9.17) is 15.2 Å². The van der Waals surface area contributed by atoms with Crippen LogP contribution >= 0.6 is 11.8 Å². The number of nitrogen functional groups attached to an aromatic ring is 1. The van der Waals surface area contributed by atoms with E-state index in [9.17, 15) is 4.79 Å². The maximum atomic E-state index is 11.4. The van der Waals surface area contributed by atoms with Gasteiger partial charge in [-0.25, -0.2) is 0 Å². The maximum absolute atomic E-state index is 11.4. The average molecular weight is 283 g/mol. The molecule has 1 aromatic rings. The lowest BCUT2D eigenvalue weighted by atomic mass is 10.3. The van der Waals surface area contributed by atoms with Gasteiger partial charge in [-0.15, -0.1) is 11.8 Å². The van der Waals surface area contributed by atoms with Crippen molar-refractivity contribution in [2.75, 3.05) is 18.9 Å². The van der Waals surface area contributed by atoms with Crippen molar-refractivity contribution in [3.63, 3.8) is 0 Å². The molecule has 0 fully saturated rings. The van der Waals surface area contributed by atoms with Crippen LogP contribution in [-0.4, -0.2) is 24.4 Å². The lowest BCUT2D eigenvalue weighted by molar-refractivity contribution is -0.142. The molecule has 0 spiro atoms. The van der Waals surface area contributed by atoms with E-state index in [2.05, 4.69) is 0 Å². The topological polar surface area (TPSA) is 61.5 Å². The van der Waals surface area contributed by atoms with Crippen LogP contribution in [-0.2, 0) is 9.53 Å². The first kappa shape index (κ1) is 15.7. The van der Waals surface area contributed by atoms with Crippen molar-refractivity contribution in [1.82, 2.24) is 0 Å². The van der Waals surface area contributed by atoms with Gasteiger partial charge < -0.3 is 15.2 Å². The highest BCUT2D eigenvalue weighted by atomic mass is 32.2. The van der Waals surface area contributed by atoms with Crippen molar-refractivity contribution in [3.8, 4) is 5.75 Å². The molecule has 0 aliphatic carbocycles. The number of hydrogen-bond donors (Lipinski definition) is 1. The van der Waals surface area contributed by atoms with Gasteiger partial charge in [-0.2, -0.15) is 0 Å². The van der Waals surface area contributed by atoms with E-state index in [0.717, 1.165) is 10.6 Å². The van der Waals surface area contributed by atoms with Crippen LogP contribution in [0.3, 0.4) is 0 Å². The van der Waals surface area contributed by atoms with E-state index < -0.39 is 0 Å². The van der Waals surface area contributed by atoms with Crippen molar-refractivity contribution in [3.05, 3.63) is 18.2 Å². The van der Waals surface area contributed by atoms with Crippen molar-refractivity contribution < 1.29 is 14.3 Å². The molecular formula is C14H21NO3S. The summed E-state index contributed by atoms with van der Waals surface area (Å²) in [7, 11) is 0. The maximum Gasteiger partial charge on any atom is 0.306 e. The van der Waals surface area contributed by atoms with Gasteiger partial charge in [0, 0.05) is 15.8 Å². The largest absolute Gasteiger partial charge is 0.494 e. The predicted octanol–water partition coefficient (Wildman–Crippen LogP) is 3.10. The lowest BCUT2D eigenvalue weighted by Gasteiger charge is -2.13. The molecule has 1 rings (SSSR count). The molecule has 2 N–H and O–H groups in total. The van der Waals surface area contributed by atoms with Gasteiger partial charge in [-0.1, -0.05) is 6.92 Å². The molecule has 0 bridgehead atoms. The summed E-state index contributed by atoms with van der Waals surface area (Å²) in [5.41, 5.74) is 6.63. The Morgan fingerprint density at radius 2 is 2.11 bits per heavy atom. The van der Waals surface area contributed by atoms with E-state index in [1.54, 1.807) is 18.7 Å². The van der Waals surface area contributed by atoms with Crippen LogP contribution in [0.5, 0.6) is 5.75 Å². The van der Waals surface area contributed by atoms with Crippen LogP contribution in [0.1, 0.15) is 27.2 Å². The van der Waals surface area contributed by atoms with E-state index in [1.165, 1.54) is 0 Å². The first-order valence-electron chi connectivity index (χ1n) is 6.41. The second-order valence-corrected chi connectivity index (χ2v) is 5.55. The number of carbonyl (C=O) groups excluding carboxylic acids is 1. The third-order valence-corrected chi connectivity index (χ3v) is 3.56. The Hall–Kier alpha value is -1.36. The molecule has 0 aliphatic rings. The first-order valence-corrected chi connectivity index (χ1v) is 7.29. The summed E-state index contributed by atoms with van der Waals surface area (Å²) in [6.45, 7) is 6.75. The van der Waals surface area contributed by atoms with Gasteiger partial charge in [0.2, 0.25) is 0 Å². The Morgan fingerprint density at radius 3 is 2.74 bits per heavy atom. The average Bonchev–Trinajstić information content (AvgIpc) is 2.34. The Kier molecular flexibility index (Phi) is 6.56. The molecular weight excluding hydrogens is 262 g/mol. The van der Waals surface area contributed by atoms with E-state index in [-0.39, 0.29) is 11.2 Å². The zero-order valence-corrected chi connectivity index (χ0v) is 12.5. The summed E-state index contributed by atoms with van der Waals surface area (Å²) in [6.07, 6.45) is 0.372. The molecule has 0 heterocycles. The summed E-state index contributed by atoms with van der Waals surface area (Å²) in [5, 5.41) is 0.109. The fourth-order valence-electron chi connectivity index (χ4n) is 1.59. The van der Waals surface area contributed by atoms with Gasteiger partial charge in [-0.05, 0) is 32.0 Å². The Labute approximate surface area is 118 Å². The van der Waals surface area contributed by atoms with Crippen LogP contribution in [0.25, 0.3) is 0 Å². The third kappa shape index (κ3) is 5.42. The van der Waals surface area contributed by atoms with Crippen LogP contribution in [0.15, 0.2) is 23.1 Å². The molecule has 0 saturated heterocycles. The number of rotatable bonds is 7. The number of carbonyl (C=O) groups is 1. The molecule has 0 aliphatic heterocycles. The highest BCUT2D eigenvalue weighted by Crippen LogP contribution is 2.33. The fraction of sp³-hybridized carbons (Fsp3) is 0.500. The monoisotopic (exact) mass is 283 g/mol. The van der Waals surface area contributed by atoms with Crippen LogP contribution in [0.2, 0.25) is 0 Å². The minimum atomic E-state index is -0.179. The normalized spacial score (nSPS) is 11.9. The predicted molar refractivity (Wildman–Crippen MR) is 78.6 cm³/mol. The first-order chi connectivity index (χ1) is 9.06. The molecule has 0 saturated carbocycles. The van der Waals surface area contributed by atoms with Gasteiger partial charge >= 0.3 is 5.97 Å². The molecule has 0 aromatic heterocycles. The second kappa shape index (κ2) is 7.94. The molecule has 1 unspecified atom stereocenters. The summed E-state index contributed by atoms with van der Waals surface area (Å²) in [5.74, 6) is 0.615. The van der Waals surface area contributed by atoms with Crippen molar-refractivity contribution in [2.24, 2.45) is 0 Å². The Morgan fingerprint density at radius 1 is 1.37 bits per heavy atom. The van der Waals surface area contributed by atoms with Crippen molar-refractivity contribution in [2.45, 2.75) is 37.3 Å². The fourth-order valence-corrected chi connectivity index (χ4v) is 2.63. The molecule has 1 aromatic carbocycles. The minimum absolute atomic E-state index is 0.109.